The molecule has 1 N–H and O–H groups in total. The number of ether oxygens (including phenoxy) is 2. The molecule has 1 fully saturated rings. The maximum absolute atomic E-state index is 10.4. The van der Waals surface area contributed by atoms with Crippen molar-refractivity contribution in [1.82, 2.24) is 9.80 Å². The molecule has 23 heavy (non-hydrogen) atoms. The molecule has 1 aromatic rings. The van der Waals surface area contributed by atoms with Gasteiger partial charge in [-0.25, -0.2) is 4.79 Å². The molecule has 1 aliphatic heterocycles. The van der Waals surface area contributed by atoms with E-state index in [0.29, 0.717) is 13.2 Å². The number of carboxylic acids is 1. The SMILES string of the molecule is O=C(O)COCCN1CCN(CCOCc2ccccc2)CC1. The van der Waals surface area contributed by atoms with Gasteiger partial charge in [-0.2, -0.15) is 0 Å². The first-order valence-electron chi connectivity index (χ1n) is 8.10. The third kappa shape index (κ3) is 7.56. The smallest absolute Gasteiger partial charge is 0.329 e. The normalized spacial score (nSPS) is 16.5. The molecular formula is C17H26N2O4. The van der Waals surface area contributed by atoms with Crippen molar-refractivity contribution < 1.29 is 19.4 Å². The van der Waals surface area contributed by atoms with Gasteiger partial charge in [-0.05, 0) is 5.56 Å². The maximum atomic E-state index is 10.4. The standard InChI is InChI=1S/C17H26N2O4/c20-17(21)15-23-13-11-19-8-6-18(7-9-19)10-12-22-14-16-4-2-1-3-5-16/h1-5H,6-15H2,(H,20,21). The topological polar surface area (TPSA) is 62.2 Å². The summed E-state index contributed by atoms with van der Waals surface area (Å²) < 4.78 is 10.8. The molecule has 0 aromatic heterocycles. The molecule has 1 aliphatic rings. The monoisotopic (exact) mass is 322 g/mol. The van der Waals surface area contributed by atoms with E-state index >= 15 is 0 Å². The Morgan fingerprint density at radius 1 is 0.957 bits per heavy atom. The molecule has 6 heteroatoms. The van der Waals surface area contributed by atoms with Crippen molar-refractivity contribution in [3.05, 3.63) is 35.9 Å². The number of nitrogens with zero attached hydrogens (tertiary/aromatic N) is 2. The van der Waals surface area contributed by atoms with E-state index in [1.54, 1.807) is 0 Å². The molecule has 0 saturated carbocycles. The second kappa shape index (κ2) is 10.3. The largest absolute Gasteiger partial charge is 0.480 e. The van der Waals surface area contributed by atoms with Crippen molar-refractivity contribution in [2.24, 2.45) is 0 Å². The Bertz CT molecular complexity index is 447. The van der Waals surface area contributed by atoms with Gasteiger partial charge in [0.2, 0.25) is 0 Å². The van der Waals surface area contributed by atoms with Crippen molar-refractivity contribution in [3.63, 3.8) is 0 Å². The Morgan fingerprint density at radius 3 is 2.09 bits per heavy atom. The first kappa shape index (κ1) is 17.9. The van der Waals surface area contributed by atoms with E-state index in [1.165, 1.54) is 5.56 Å². The molecule has 0 spiro atoms. The van der Waals surface area contributed by atoms with Crippen LogP contribution in [0.5, 0.6) is 0 Å². The van der Waals surface area contributed by atoms with E-state index < -0.39 is 5.97 Å². The highest BCUT2D eigenvalue weighted by molar-refractivity contribution is 5.67. The van der Waals surface area contributed by atoms with Crippen LogP contribution in [0.15, 0.2) is 30.3 Å². The van der Waals surface area contributed by atoms with E-state index in [2.05, 4.69) is 21.9 Å². The van der Waals surface area contributed by atoms with Crippen molar-refractivity contribution in [3.8, 4) is 0 Å². The highest BCUT2D eigenvalue weighted by Gasteiger charge is 2.16. The van der Waals surface area contributed by atoms with Crippen LogP contribution in [0.4, 0.5) is 0 Å². The van der Waals surface area contributed by atoms with Crippen LogP contribution < -0.4 is 0 Å². The first-order valence-corrected chi connectivity index (χ1v) is 8.10. The lowest BCUT2D eigenvalue weighted by atomic mass is 10.2. The zero-order chi connectivity index (χ0) is 16.3. The van der Waals surface area contributed by atoms with Gasteiger partial charge in [0.15, 0.2) is 0 Å². The average Bonchev–Trinajstić information content (AvgIpc) is 2.57. The zero-order valence-corrected chi connectivity index (χ0v) is 13.5. The Balaban J connectivity index is 1.49. The quantitative estimate of drug-likeness (QED) is 0.647. The minimum absolute atomic E-state index is 0.210. The van der Waals surface area contributed by atoms with Gasteiger partial charge in [-0.1, -0.05) is 30.3 Å². The van der Waals surface area contributed by atoms with E-state index in [4.69, 9.17) is 14.6 Å². The predicted octanol–water partition coefficient (Wildman–Crippen LogP) is 0.922. The highest BCUT2D eigenvalue weighted by atomic mass is 16.5. The number of carboxylic acid groups (broad SMARTS) is 1. The zero-order valence-electron chi connectivity index (χ0n) is 13.5. The van der Waals surface area contributed by atoms with Gasteiger partial charge in [0.05, 0.1) is 19.8 Å². The number of benzene rings is 1. The predicted molar refractivity (Wildman–Crippen MR) is 87.4 cm³/mol. The first-order chi connectivity index (χ1) is 11.2. The van der Waals surface area contributed by atoms with Crippen LogP contribution in [-0.2, 0) is 20.9 Å². The van der Waals surface area contributed by atoms with Crippen molar-refractivity contribution in [2.45, 2.75) is 6.61 Å². The fourth-order valence-corrected chi connectivity index (χ4v) is 2.55. The summed E-state index contributed by atoms with van der Waals surface area (Å²) in [6.07, 6.45) is 0. The molecule has 0 bridgehead atoms. The minimum atomic E-state index is -0.912. The Morgan fingerprint density at radius 2 is 1.52 bits per heavy atom. The van der Waals surface area contributed by atoms with Crippen LogP contribution >= 0.6 is 0 Å². The summed E-state index contributed by atoms with van der Waals surface area (Å²) >= 11 is 0. The van der Waals surface area contributed by atoms with Crippen molar-refractivity contribution >= 4 is 5.97 Å². The summed E-state index contributed by atoms with van der Waals surface area (Å²) in [4.78, 5) is 15.1. The van der Waals surface area contributed by atoms with Crippen molar-refractivity contribution in [1.29, 1.82) is 0 Å². The number of hydrogen-bond donors (Lipinski definition) is 1. The molecule has 0 atom stereocenters. The van der Waals surface area contributed by atoms with Gasteiger partial charge >= 0.3 is 5.97 Å². The molecule has 0 unspecified atom stereocenters. The molecule has 0 aliphatic carbocycles. The lowest BCUT2D eigenvalue weighted by molar-refractivity contribution is -0.142. The summed E-state index contributed by atoms with van der Waals surface area (Å²) in [5.41, 5.74) is 1.21. The molecule has 0 amide bonds. The maximum Gasteiger partial charge on any atom is 0.329 e. The molecule has 2 rings (SSSR count). The number of carbonyl (C=O) groups is 1. The molecule has 1 aromatic carbocycles. The Hall–Kier alpha value is -1.47. The number of piperazine rings is 1. The fourth-order valence-electron chi connectivity index (χ4n) is 2.55. The molecular weight excluding hydrogens is 296 g/mol. The summed E-state index contributed by atoms with van der Waals surface area (Å²) in [6, 6.07) is 10.2. The molecule has 6 nitrogen and oxygen atoms in total. The van der Waals surface area contributed by atoms with Gasteiger partial charge in [0, 0.05) is 39.3 Å². The summed E-state index contributed by atoms with van der Waals surface area (Å²) in [5.74, 6) is -0.912. The lowest BCUT2D eigenvalue weighted by Crippen LogP contribution is -2.48. The number of aliphatic carboxylic acids is 1. The van der Waals surface area contributed by atoms with Crippen LogP contribution in [0.1, 0.15) is 5.56 Å². The van der Waals surface area contributed by atoms with E-state index in [-0.39, 0.29) is 6.61 Å². The molecule has 1 heterocycles. The van der Waals surface area contributed by atoms with Crippen LogP contribution in [0.25, 0.3) is 0 Å². The van der Waals surface area contributed by atoms with Crippen molar-refractivity contribution in [2.75, 3.05) is 59.1 Å². The lowest BCUT2D eigenvalue weighted by Gasteiger charge is -2.34. The van der Waals surface area contributed by atoms with Gasteiger partial charge < -0.3 is 14.6 Å². The third-order valence-corrected chi connectivity index (χ3v) is 3.91. The average molecular weight is 322 g/mol. The van der Waals surface area contributed by atoms with Crippen LogP contribution in [0.2, 0.25) is 0 Å². The van der Waals surface area contributed by atoms with Gasteiger partial charge in [0.1, 0.15) is 6.61 Å². The molecule has 1 saturated heterocycles. The van der Waals surface area contributed by atoms with Gasteiger partial charge in [-0.3, -0.25) is 9.80 Å². The fraction of sp³-hybridized carbons (Fsp3) is 0.588. The van der Waals surface area contributed by atoms with Gasteiger partial charge in [-0.15, -0.1) is 0 Å². The second-order valence-electron chi connectivity index (χ2n) is 5.67. The molecule has 0 radical (unpaired) electrons. The summed E-state index contributed by atoms with van der Waals surface area (Å²) in [7, 11) is 0. The Kier molecular flexibility index (Phi) is 8.03. The van der Waals surface area contributed by atoms with Crippen LogP contribution in [0, 0.1) is 0 Å². The van der Waals surface area contributed by atoms with E-state index in [1.807, 2.05) is 18.2 Å². The molecule has 128 valence electrons. The van der Waals surface area contributed by atoms with Gasteiger partial charge in [0.25, 0.3) is 0 Å². The number of hydrogen-bond acceptors (Lipinski definition) is 5. The Labute approximate surface area is 137 Å². The second-order valence-corrected chi connectivity index (χ2v) is 5.67. The van der Waals surface area contributed by atoms with Crippen LogP contribution in [-0.4, -0.2) is 80.0 Å². The van der Waals surface area contributed by atoms with E-state index in [0.717, 1.165) is 45.9 Å². The minimum Gasteiger partial charge on any atom is -0.480 e. The summed E-state index contributed by atoms with van der Waals surface area (Å²) in [5, 5.41) is 8.50. The summed E-state index contributed by atoms with van der Waals surface area (Å²) in [6.45, 7) is 7.47. The number of rotatable bonds is 10. The third-order valence-electron chi connectivity index (χ3n) is 3.91. The van der Waals surface area contributed by atoms with Crippen LogP contribution in [0.3, 0.4) is 0 Å². The van der Waals surface area contributed by atoms with E-state index in [9.17, 15) is 4.79 Å². The highest BCUT2D eigenvalue weighted by Crippen LogP contribution is 2.03.